The lowest BCUT2D eigenvalue weighted by molar-refractivity contribution is -0.157. The number of benzene rings is 2. The van der Waals surface area contributed by atoms with Crippen molar-refractivity contribution >= 4 is 29.2 Å². The summed E-state index contributed by atoms with van der Waals surface area (Å²) in [7, 11) is 0. The van der Waals surface area contributed by atoms with Crippen LogP contribution in [0.15, 0.2) is 60.7 Å². The number of aromatic hydroxyl groups is 2. The van der Waals surface area contributed by atoms with Crippen LogP contribution in [0.2, 0.25) is 0 Å². The Balaban J connectivity index is 0.000000355. The summed E-state index contributed by atoms with van der Waals surface area (Å²) in [5.41, 5.74) is 6.24. The summed E-state index contributed by atoms with van der Waals surface area (Å²) < 4.78 is 10.7. The Hall–Kier alpha value is -3.89. The number of nitrogens with one attached hydrogen (secondary N) is 1. The van der Waals surface area contributed by atoms with E-state index in [1.165, 1.54) is 11.3 Å². The van der Waals surface area contributed by atoms with E-state index in [1.807, 2.05) is 6.07 Å². The number of carbonyl (C=O) groups is 3. The van der Waals surface area contributed by atoms with Crippen LogP contribution in [0.25, 0.3) is 0 Å². The van der Waals surface area contributed by atoms with E-state index in [4.69, 9.17) is 20.3 Å². The van der Waals surface area contributed by atoms with E-state index in [9.17, 15) is 19.5 Å². The molecule has 9 nitrogen and oxygen atoms in total. The number of hydrogen-bond donors (Lipinski definition) is 4. The average Bonchev–Trinajstić information content (AvgIpc) is 3.41. The summed E-state index contributed by atoms with van der Waals surface area (Å²) in [6.45, 7) is 17.1. The maximum absolute atomic E-state index is 12.8. The molecule has 2 atom stereocenters. The number of phenolic OH excluding ortho intramolecular Hbond substituents is 2. The van der Waals surface area contributed by atoms with Gasteiger partial charge in [0.2, 0.25) is 0 Å². The number of rotatable bonds is 8. The number of amides is 1. The van der Waals surface area contributed by atoms with Gasteiger partial charge < -0.3 is 30.7 Å². The van der Waals surface area contributed by atoms with E-state index >= 15 is 0 Å². The van der Waals surface area contributed by atoms with Gasteiger partial charge in [0.1, 0.15) is 34.8 Å². The number of phenols is 2. The number of nitrogens with two attached hydrogens (primary N) is 1. The maximum Gasteiger partial charge on any atom is 0.329 e. The molecule has 246 valence electrons. The minimum atomic E-state index is -0.823. The van der Waals surface area contributed by atoms with Gasteiger partial charge in [-0.1, -0.05) is 45.0 Å². The molecule has 1 heterocycles. The molecule has 0 saturated heterocycles. The lowest BCUT2D eigenvalue weighted by Gasteiger charge is -2.24. The van der Waals surface area contributed by atoms with Gasteiger partial charge in [0.25, 0.3) is 5.91 Å². The second kappa shape index (κ2) is 15.4. The standard InChI is InChI=1S/C22H29NO4S.C13H19NO3/c1-21(2,3)18-12-11-17(28-18)19(25)23-16(20(26)27-22(4,5)6)13-14-7-9-15(24)10-8-14;1-13(2,3)17-12(16)11(14)8-9-4-6-10(15)7-5-9/h7-12,16,24H,13H2,1-6H3,(H,23,25);4-7,11,15H,8,14H2,1-3H3/t16-;11-/m00/s1. The Morgan fingerprint density at radius 1 is 0.711 bits per heavy atom. The Bertz CT molecular complexity index is 1410. The second-order valence-corrected chi connectivity index (χ2v) is 14.9. The Morgan fingerprint density at radius 3 is 1.58 bits per heavy atom. The third-order valence-electron chi connectivity index (χ3n) is 6.04. The van der Waals surface area contributed by atoms with Crippen LogP contribution in [0, 0.1) is 0 Å². The first-order chi connectivity index (χ1) is 20.6. The molecule has 0 aliphatic heterocycles. The average molecular weight is 641 g/mol. The first-order valence-electron chi connectivity index (χ1n) is 14.8. The monoisotopic (exact) mass is 640 g/mol. The van der Waals surface area contributed by atoms with Crippen LogP contribution >= 0.6 is 11.3 Å². The molecule has 3 rings (SSSR count). The smallest absolute Gasteiger partial charge is 0.329 e. The van der Waals surface area contributed by atoms with Gasteiger partial charge in [-0.15, -0.1) is 11.3 Å². The van der Waals surface area contributed by atoms with Crippen LogP contribution in [0.5, 0.6) is 11.5 Å². The van der Waals surface area contributed by atoms with E-state index in [0.717, 1.165) is 16.0 Å². The van der Waals surface area contributed by atoms with E-state index in [1.54, 1.807) is 96.1 Å². The molecule has 2 aromatic carbocycles. The Morgan fingerprint density at radius 2 is 1.16 bits per heavy atom. The zero-order valence-corrected chi connectivity index (χ0v) is 28.6. The van der Waals surface area contributed by atoms with Crippen molar-refractivity contribution in [3.05, 3.63) is 81.5 Å². The van der Waals surface area contributed by atoms with Crippen LogP contribution < -0.4 is 11.1 Å². The first-order valence-corrected chi connectivity index (χ1v) is 15.6. The number of hydrogen-bond acceptors (Lipinski definition) is 9. The van der Waals surface area contributed by atoms with Crippen LogP contribution in [-0.4, -0.2) is 51.3 Å². The molecule has 5 N–H and O–H groups in total. The number of esters is 2. The molecular formula is C35H48N2O7S. The molecule has 1 aromatic heterocycles. The summed E-state index contributed by atoms with van der Waals surface area (Å²) in [6.07, 6.45) is 0.674. The highest BCUT2D eigenvalue weighted by Gasteiger charge is 2.28. The van der Waals surface area contributed by atoms with Gasteiger partial charge in [-0.25, -0.2) is 4.79 Å². The molecule has 0 saturated carbocycles. The van der Waals surface area contributed by atoms with Gasteiger partial charge in [-0.3, -0.25) is 9.59 Å². The van der Waals surface area contributed by atoms with Gasteiger partial charge in [0.15, 0.2) is 0 Å². The molecule has 0 bridgehead atoms. The number of carbonyl (C=O) groups excluding carboxylic acids is 3. The van der Waals surface area contributed by atoms with Crippen LogP contribution in [-0.2, 0) is 37.3 Å². The summed E-state index contributed by atoms with van der Waals surface area (Å²) in [6, 6.07) is 15.4. The second-order valence-electron chi connectivity index (χ2n) is 13.9. The number of thiophene rings is 1. The molecule has 45 heavy (non-hydrogen) atoms. The zero-order chi connectivity index (χ0) is 34.2. The summed E-state index contributed by atoms with van der Waals surface area (Å²) in [4.78, 5) is 38.7. The molecule has 0 aliphatic carbocycles. The van der Waals surface area contributed by atoms with Gasteiger partial charge in [0.05, 0.1) is 4.88 Å². The highest BCUT2D eigenvalue weighted by atomic mass is 32.1. The molecule has 0 unspecified atom stereocenters. The van der Waals surface area contributed by atoms with Crippen molar-refractivity contribution in [3.63, 3.8) is 0 Å². The third-order valence-corrected chi connectivity index (χ3v) is 7.55. The minimum absolute atomic E-state index is 0.0419. The highest BCUT2D eigenvalue weighted by molar-refractivity contribution is 7.14. The largest absolute Gasteiger partial charge is 0.508 e. The zero-order valence-electron chi connectivity index (χ0n) is 27.8. The van der Waals surface area contributed by atoms with Gasteiger partial charge in [0, 0.05) is 11.3 Å². The van der Waals surface area contributed by atoms with E-state index in [-0.39, 0.29) is 29.2 Å². The Labute approximate surface area is 270 Å². The quantitative estimate of drug-likeness (QED) is 0.218. The van der Waals surface area contributed by atoms with Crippen LogP contribution in [0.1, 0.15) is 88.0 Å². The molecule has 10 heteroatoms. The lowest BCUT2D eigenvalue weighted by atomic mass is 9.95. The highest BCUT2D eigenvalue weighted by Crippen LogP contribution is 2.29. The van der Waals surface area contributed by atoms with Crippen molar-refractivity contribution in [2.24, 2.45) is 5.73 Å². The normalized spacial score (nSPS) is 13.1. The third kappa shape index (κ3) is 13.7. The van der Waals surface area contributed by atoms with Crippen molar-refractivity contribution in [3.8, 4) is 11.5 Å². The molecule has 0 radical (unpaired) electrons. The Kier molecular flexibility index (Phi) is 12.8. The summed E-state index contributed by atoms with van der Waals surface area (Å²) >= 11 is 1.43. The molecule has 1 amide bonds. The van der Waals surface area contributed by atoms with Crippen molar-refractivity contribution in [1.29, 1.82) is 0 Å². The van der Waals surface area contributed by atoms with Gasteiger partial charge in [-0.05, 0) is 101 Å². The summed E-state index contributed by atoms with van der Waals surface area (Å²) in [5, 5.41) is 21.4. The van der Waals surface area contributed by atoms with E-state index < -0.39 is 35.2 Å². The molecule has 0 spiro atoms. The number of ether oxygens (including phenoxy) is 2. The van der Waals surface area contributed by atoms with Gasteiger partial charge in [-0.2, -0.15) is 0 Å². The van der Waals surface area contributed by atoms with E-state index in [0.29, 0.717) is 11.3 Å². The van der Waals surface area contributed by atoms with Crippen LogP contribution in [0.4, 0.5) is 0 Å². The predicted octanol–water partition coefficient (Wildman–Crippen LogP) is 6.04. The first kappa shape index (κ1) is 37.3. The van der Waals surface area contributed by atoms with Gasteiger partial charge >= 0.3 is 11.9 Å². The fraction of sp³-hybridized carbons (Fsp3) is 0.457. The van der Waals surface area contributed by atoms with Crippen molar-refractivity contribution in [2.45, 2.75) is 104 Å². The van der Waals surface area contributed by atoms with Crippen LogP contribution in [0.3, 0.4) is 0 Å². The van der Waals surface area contributed by atoms with E-state index in [2.05, 4.69) is 26.1 Å². The molecular weight excluding hydrogens is 592 g/mol. The van der Waals surface area contributed by atoms with Crippen molar-refractivity contribution < 1.29 is 34.1 Å². The summed E-state index contributed by atoms with van der Waals surface area (Å²) in [5.74, 6) is -0.850. The maximum atomic E-state index is 12.8. The minimum Gasteiger partial charge on any atom is -0.508 e. The fourth-order valence-corrected chi connectivity index (χ4v) is 4.84. The molecule has 3 aromatic rings. The lowest BCUT2D eigenvalue weighted by Crippen LogP contribution is -2.45. The fourth-order valence-electron chi connectivity index (χ4n) is 3.87. The molecule has 0 aliphatic rings. The van der Waals surface area contributed by atoms with Crippen molar-refractivity contribution in [1.82, 2.24) is 5.32 Å². The van der Waals surface area contributed by atoms with Crippen molar-refractivity contribution in [2.75, 3.05) is 0 Å². The predicted molar refractivity (Wildman–Crippen MR) is 178 cm³/mol. The SMILES string of the molecule is CC(C)(C)OC(=O)[C@@H](N)Cc1ccc(O)cc1.CC(C)(C)OC(=O)[C@H](Cc1ccc(O)cc1)NC(=O)c1ccc(C(C)(C)C)s1. The molecule has 0 fully saturated rings. The topological polar surface area (TPSA) is 148 Å².